The average molecular weight is 759 g/mol. The van der Waals surface area contributed by atoms with Gasteiger partial charge in [0.2, 0.25) is 5.91 Å². The second kappa shape index (κ2) is 16.8. The van der Waals surface area contributed by atoms with Crippen LogP contribution >= 0.6 is 11.6 Å². The van der Waals surface area contributed by atoms with E-state index >= 15 is 0 Å². The summed E-state index contributed by atoms with van der Waals surface area (Å²) in [7, 11) is 0. The van der Waals surface area contributed by atoms with Crippen molar-refractivity contribution >= 4 is 58.2 Å². The number of para-hydroxylation sites is 1. The van der Waals surface area contributed by atoms with Gasteiger partial charge >= 0.3 is 6.03 Å². The zero-order valence-corrected chi connectivity index (χ0v) is 34.0. The molecule has 10 nitrogen and oxygen atoms in total. The van der Waals surface area contributed by atoms with Gasteiger partial charge in [-0.05, 0) is 79.0 Å². The average Bonchev–Trinajstić information content (AvgIpc) is 3.34. The molecule has 0 aromatic heterocycles. The lowest BCUT2D eigenvalue weighted by atomic mass is 9.76. The first-order chi connectivity index (χ1) is 25.2. The second-order valence-corrected chi connectivity index (χ2v) is 16.7. The molecule has 2 atom stereocenters. The number of urea groups is 1. The maximum Gasteiger partial charge on any atom is 0.333 e. The van der Waals surface area contributed by atoms with E-state index in [1.165, 1.54) is 22.6 Å². The van der Waals surface area contributed by atoms with Crippen LogP contribution in [0.5, 0.6) is 5.75 Å². The lowest BCUT2D eigenvalue weighted by Gasteiger charge is -2.30. The number of carbonyl (C=O) groups is 5. The van der Waals surface area contributed by atoms with E-state index in [1.54, 1.807) is 64.1 Å². The minimum Gasteiger partial charge on any atom is -0.493 e. The van der Waals surface area contributed by atoms with E-state index in [0.717, 1.165) is 29.1 Å². The van der Waals surface area contributed by atoms with Gasteiger partial charge in [0.05, 0.1) is 17.3 Å². The van der Waals surface area contributed by atoms with Crippen molar-refractivity contribution in [3.8, 4) is 5.75 Å². The summed E-state index contributed by atoms with van der Waals surface area (Å²) in [6.07, 6.45) is 2.60. The normalized spacial score (nSPS) is 15.6. The molecular formula is C43H55ClN4O6. The van der Waals surface area contributed by atoms with Crippen molar-refractivity contribution in [3.63, 3.8) is 0 Å². The SMILES string of the molecule is CCC(C)(C)c1ccc(OCCCC(=O)Nc2ccc(Cl)c(NC(=O)[C@@H](C(=O)C(C)(C)C)N3C(=O)[C@@H](C)N(c4ccccc4)C3=O)c2)c(C(C)(C)CC)c1. The molecule has 0 aliphatic carbocycles. The Kier molecular flexibility index (Phi) is 13.0. The predicted molar refractivity (Wildman–Crippen MR) is 215 cm³/mol. The van der Waals surface area contributed by atoms with Crippen molar-refractivity contribution in [2.45, 2.75) is 118 Å². The predicted octanol–water partition coefficient (Wildman–Crippen LogP) is 9.29. The molecule has 1 aliphatic rings. The van der Waals surface area contributed by atoms with Crippen molar-refractivity contribution in [1.82, 2.24) is 4.90 Å². The highest BCUT2D eigenvalue weighted by molar-refractivity contribution is 6.34. The number of halogens is 1. The Morgan fingerprint density at radius 2 is 1.50 bits per heavy atom. The highest BCUT2D eigenvalue weighted by Crippen LogP contribution is 2.39. The number of Topliss-reactive ketones (excluding diaryl/α,β-unsaturated/α-hetero) is 1. The Morgan fingerprint density at radius 1 is 0.852 bits per heavy atom. The zero-order valence-electron chi connectivity index (χ0n) is 33.3. The molecule has 0 saturated carbocycles. The van der Waals surface area contributed by atoms with Crippen LogP contribution in [-0.2, 0) is 30.0 Å². The van der Waals surface area contributed by atoms with Crippen molar-refractivity contribution in [1.29, 1.82) is 0 Å². The quantitative estimate of drug-likeness (QED) is 0.0905. The fraction of sp³-hybridized carbons (Fsp3) is 0.465. The Hall–Kier alpha value is -4.70. The van der Waals surface area contributed by atoms with Gasteiger partial charge in [0.25, 0.3) is 11.8 Å². The Labute approximate surface area is 325 Å². The van der Waals surface area contributed by atoms with E-state index in [0.29, 0.717) is 24.4 Å². The number of benzene rings is 3. The summed E-state index contributed by atoms with van der Waals surface area (Å²) in [6.45, 7) is 20.0. The highest BCUT2D eigenvalue weighted by Gasteiger charge is 2.52. The number of ketones is 1. The first kappa shape index (κ1) is 42.0. The summed E-state index contributed by atoms with van der Waals surface area (Å²) in [5.41, 5.74) is 2.21. The summed E-state index contributed by atoms with van der Waals surface area (Å²) >= 11 is 6.47. The lowest BCUT2D eigenvalue weighted by Crippen LogP contribution is -2.55. The summed E-state index contributed by atoms with van der Waals surface area (Å²) in [4.78, 5) is 70.0. The molecule has 0 radical (unpaired) electrons. The fourth-order valence-electron chi connectivity index (χ4n) is 6.15. The van der Waals surface area contributed by atoms with E-state index in [-0.39, 0.29) is 33.9 Å². The van der Waals surface area contributed by atoms with Crippen LogP contribution in [0.1, 0.15) is 106 Å². The van der Waals surface area contributed by atoms with Gasteiger partial charge in [-0.3, -0.25) is 24.1 Å². The molecular weight excluding hydrogens is 704 g/mol. The Bertz CT molecular complexity index is 1880. The van der Waals surface area contributed by atoms with E-state index < -0.39 is 41.1 Å². The third kappa shape index (κ3) is 9.32. The first-order valence-electron chi connectivity index (χ1n) is 18.7. The topological polar surface area (TPSA) is 125 Å². The maximum atomic E-state index is 13.9. The van der Waals surface area contributed by atoms with E-state index in [4.69, 9.17) is 16.3 Å². The molecule has 1 saturated heterocycles. The smallest absolute Gasteiger partial charge is 0.333 e. The molecule has 0 spiro atoms. The minimum atomic E-state index is -1.77. The monoisotopic (exact) mass is 758 g/mol. The number of imide groups is 1. The van der Waals surface area contributed by atoms with Crippen LogP contribution < -0.4 is 20.3 Å². The number of anilines is 3. The van der Waals surface area contributed by atoms with Gasteiger partial charge in [-0.2, -0.15) is 0 Å². The van der Waals surface area contributed by atoms with Gasteiger partial charge in [0.1, 0.15) is 11.8 Å². The van der Waals surface area contributed by atoms with E-state index in [1.807, 2.05) is 6.07 Å². The van der Waals surface area contributed by atoms with Crippen LogP contribution in [0, 0.1) is 5.41 Å². The third-order valence-corrected chi connectivity index (χ3v) is 10.8. The van der Waals surface area contributed by atoms with E-state index in [9.17, 15) is 24.0 Å². The van der Waals surface area contributed by atoms with Crippen LogP contribution in [0.15, 0.2) is 66.7 Å². The van der Waals surface area contributed by atoms with Gasteiger partial charge in [0.15, 0.2) is 11.8 Å². The number of ether oxygens (including phenoxy) is 1. The molecule has 3 aromatic carbocycles. The second-order valence-electron chi connectivity index (χ2n) is 16.3. The van der Waals surface area contributed by atoms with Crippen LogP contribution in [0.3, 0.4) is 0 Å². The summed E-state index contributed by atoms with van der Waals surface area (Å²) in [6, 6.07) is 16.1. The molecule has 0 bridgehead atoms. The van der Waals surface area contributed by atoms with Gasteiger partial charge in [-0.15, -0.1) is 0 Å². The van der Waals surface area contributed by atoms with Crippen molar-refractivity contribution in [2.24, 2.45) is 5.41 Å². The number of hydrogen-bond donors (Lipinski definition) is 2. The third-order valence-electron chi connectivity index (χ3n) is 10.5. The molecule has 54 heavy (non-hydrogen) atoms. The van der Waals surface area contributed by atoms with Crippen LogP contribution in [0.25, 0.3) is 0 Å². The number of nitrogens with zero attached hydrogens (tertiary/aromatic N) is 2. The van der Waals surface area contributed by atoms with Gasteiger partial charge in [-0.1, -0.05) is 104 Å². The van der Waals surface area contributed by atoms with Gasteiger partial charge in [-0.25, -0.2) is 9.69 Å². The van der Waals surface area contributed by atoms with Crippen LogP contribution in [0.4, 0.5) is 21.9 Å². The molecule has 1 aliphatic heterocycles. The number of amides is 5. The van der Waals surface area contributed by atoms with Gasteiger partial charge < -0.3 is 15.4 Å². The standard InChI is InChI=1S/C43H55ClN4O6/c1-11-42(7,8)28-20-23-34(31(25-28)43(9,10)12-2)54-24-16-19-35(49)45-29-21-22-32(44)33(26-29)46-38(51)36(37(50)41(4,5)6)48-39(52)27(3)47(40(48)53)30-17-14-13-15-18-30/h13-15,17-18,20-23,25-27,36H,11-12,16,19,24H2,1-10H3,(H,45,49)(H,46,51)/t27-,36-/m1/s1. The number of nitrogens with one attached hydrogen (secondary N) is 2. The Balaban J connectivity index is 1.45. The van der Waals surface area contributed by atoms with Gasteiger partial charge in [0, 0.05) is 28.8 Å². The molecule has 2 N–H and O–H groups in total. The largest absolute Gasteiger partial charge is 0.493 e. The Morgan fingerprint density at radius 3 is 2.11 bits per heavy atom. The van der Waals surface area contributed by atoms with Crippen LogP contribution in [-0.4, -0.2) is 53.1 Å². The molecule has 1 heterocycles. The molecule has 1 fully saturated rings. The summed E-state index contributed by atoms with van der Waals surface area (Å²) < 4.78 is 6.24. The fourth-order valence-corrected chi connectivity index (χ4v) is 6.32. The molecule has 5 amide bonds. The molecule has 290 valence electrons. The first-order valence-corrected chi connectivity index (χ1v) is 19.0. The number of hydrogen-bond acceptors (Lipinski definition) is 6. The minimum absolute atomic E-state index is 0.0419. The maximum absolute atomic E-state index is 13.9. The number of carbonyl (C=O) groups excluding carboxylic acids is 5. The van der Waals surface area contributed by atoms with Crippen molar-refractivity contribution < 1.29 is 28.7 Å². The highest BCUT2D eigenvalue weighted by atomic mass is 35.5. The summed E-state index contributed by atoms with van der Waals surface area (Å²) in [5, 5.41) is 5.61. The van der Waals surface area contributed by atoms with E-state index in [2.05, 4.69) is 64.3 Å². The molecule has 11 heteroatoms. The van der Waals surface area contributed by atoms with Crippen LogP contribution in [0.2, 0.25) is 5.02 Å². The molecule has 4 rings (SSSR count). The summed E-state index contributed by atoms with van der Waals surface area (Å²) in [5.74, 6) is -1.66. The number of rotatable bonds is 15. The zero-order chi connectivity index (χ0) is 40.2. The lowest BCUT2D eigenvalue weighted by molar-refractivity contribution is -0.143. The molecule has 3 aromatic rings. The van der Waals surface area contributed by atoms with Crippen molar-refractivity contribution in [3.05, 3.63) is 82.9 Å². The van der Waals surface area contributed by atoms with Crippen molar-refractivity contribution in [2.75, 3.05) is 22.1 Å². The molecule has 0 unspecified atom stereocenters.